The van der Waals surface area contributed by atoms with Crippen molar-refractivity contribution < 1.29 is 18.8 Å². The van der Waals surface area contributed by atoms with Crippen LogP contribution in [0, 0.1) is 11.8 Å². The van der Waals surface area contributed by atoms with Gasteiger partial charge in [0.05, 0.1) is 51.2 Å². The molecule has 0 N–H and O–H groups in total. The van der Waals surface area contributed by atoms with E-state index in [1.165, 1.54) is 70.8 Å². The topological polar surface area (TPSA) is 46.6 Å². The van der Waals surface area contributed by atoms with Crippen LogP contribution < -0.4 is 0 Å². The molecule has 172 valence electrons. The van der Waals surface area contributed by atoms with Crippen LogP contribution in [0.4, 0.5) is 0 Å². The molecule has 0 saturated carbocycles. The number of likely N-dealkylation sites (tertiary alicyclic amines) is 1. The van der Waals surface area contributed by atoms with Crippen LogP contribution in [0.15, 0.2) is 0 Å². The fourth-order valence-electron chi connectivity index (χ4n) is 5.79. The zero-order valence-corrected chi connectivity index (χ0v) is 19.7. The SMILES string of the molecule is CCCCCCCCCCCC[N+](C)(C)CCCN1C(=O)[C@@H]2[C@H](C1=O)[C@H]1CC[C@@H]2O1. The molecule has 3 aliphatic rings. The lowest BCUT2D eigenvalue weighted by Crippen LogP contribution is -2.43. The summed E-state index contributed by atoms with van der Waals surface area (Å²) < 4.78 is 6.80. The van der Waals surface area contributed by atoms with Crippen LogP contribution in [0.1, 0.15) is 90.4 Å². The Kier molecular flexibility index (Phi) is 8.76. The van der Waals surface area contributed by atoms with Crippen molar-refractivity contribution >= 4 is 11.8 Å². The zero-order valence-electron chi connectivity index (χ0n) is 19.7. The molecule has 0 spiro atoms. The van der Waals surface area contributed by atoms with Crippen molar-refractivity contribution in [1.29, 1.82) is 0 Å². The van der Waals surface area contributed by atoms with E-state index in [1.807, 2.05) is 0 Å². The van der Waals surface area contributed by atoms with E-state index < -0.39 is 0 Å². The standard InChI is InChI=1S/C25H45N2O3/c1-4-5-6-7-8-9-10-11-12-13-18-27(2,3)19-14-17-26-24(28)22-20-15-16-21(30-20)23(22)25(26)29/h20-23H,4-19H2,1-3H3/q+1/t20-,21+,22-,23+. The summed E-state index contributed by atoms with van der Waals surface area (Å²) in [4.78, 5) is 27.0. The van der Waals surface area contributed by atoms with E-state index in [-0.39, 0.29) is 35.9 Å². The number of nitrogens with zero attached hydrogens (tertiary/aromatic N) is 2. The minimum absolute atomic E-state index is 0.00464. The molecule has 5 nitrogen and oxygen atoms in total. The van der Waals surface area contributed by atoms with Crippen molar-refractivity contribution in [3.8, 4) is 0 Å². The summed E-state index contributed by atoms with van der Waals surface area (Å²) in [6.45, 7) is 5.06. The van der Waals surface area contributed by atoms with Crippen molar-refractivity contribution in [3.05, 3.63) is 0 Å². The molecular weight excluding hydrogens is 376 g/mol. The molecule has 0 radical (unpaired) electrons. The minimum atomic E-state index is -0.176. The number of unbranched alkanes of at least 4 members (excludes halogenated alkanes) is 9. The van der Waals surface area contributed by atoms with Crippen molar-refractivity contribution in [2.24, 2.45) is 11.8 Å². The third-order valence-electron chi connectivity index (χ3n) is 7.64. The zero-order chi connectivity index (χ0) is 21.6. The summed E-state index contributed by atoms with van der Waals surface area (Å²) in [6.07, 6.45) is 16.5. The van der Waals surface area contributed by atoms with Gasteiger partial charge in [0.25, 0.3) is 0 Å². The summed E-state index contributed by atoms with van der Waals surface area (Å²) in [5.74, 6) is -0.273. The molecule has 30 heavy (non-hydrogen) atoms. The molecule has 2 bridgehead atoms. The average Bonchev–Trinajstić information content (AvgIpc) is 3.39. The molecule has 0 unspecified atom stereocenters. The Morgan fingerprint density at radius 3 is 1.77 bits per heavy atom. The van der Waals surface area contributed by atoms with E-state index >= 15 is 0 Å². The maximum Gasteiger partial charge on any atom is 0.235 e. The first-order valence-electron chi connectivity index (χ1n) is 12.8. The molecule has 3 rings (SSSR count). The van der Waals surface area contributed by atoms with Gasteiger partial charge >= 0.3 is 0 Å². The Bertz CT molecular complexity index is 549. The number of imide groups is 1. The summed E-state index contributed by atoms with van der Waals surface area (Å²) >= 11 is 0. The largest absolute Gasteiger partial charge is 0.373 e. The second-order valence-electron chi connectivity index (χ2n) is 10.6. The number of quaternary nitrogens is 1. The molecule has 0 aromatic heterocycles. The third-order valence-corrected chi connectivity index (χ3v) is 7.64. The predicted molar refractivity (Wildman–Crippen MR) is 120 cm³/mol. The highest BCUT2D eigenvalue weighted by atomic mass is 16.5. The van der Waals surface area contributed by atoms with Crippen LogP contribution >= 0.6 is 0 Å². The highest BCUT2D eigenvalue weighted by Gasteiger charge is 2.62. The molecule has 3 saturated heterocycles. The summed E-state index contributed by atoms with van der Waals surface area (Å²) in [5, 5.41) is 0. The quantitative estimate of drug-likeness (QED) is 0.222. The molecule has 3 fully saturated rings. The normalized spacial score (nSPS) is 28.0. The Morgan fingerprint density at radius 1 is 0.767 bits per heavy atom. The number of fused-ring (bicyclic) bond motifs is 5. The van der Waals surface area contributed by atoms with Gasteiger partial charge in [0, 0.05) is 13.0 Å². The van der Waals surface area contributed by atoms with Crippen LogP contribution in [0.2, 0.25) is 0 Å². The molecule has 4 atom stereocenters. The molecule has 3 aliphatic heterocycles. The van der Waals surface area contributed by atoms with Gasteiger partial charge in [-0.05, 0) is 25.7 Å². The fraction of sp³-hybridized carbons (Fsp3) is 0.920. The Balaban J connectivity index is 1.25. The highest BCUT2D eigenvalue weighted by molar-refractivity contribution is 6.06. The summed E-state index contributed by atoms with van der Waals surface area (Å²) in [7, 11) is 4.56. The van der Waals surface area contributed by atoms with E-state index in [4.69, 9.17) is 4.74 Å². The lowest BCUT2D eigenvalue weighted by atomic mass is 9.81. The maximum atomic E-state index is 12.7. The Hall–Kier alpha value is -0.940. The van der Waals surface area contributed by atoms with Crippen LogP contribution in [0.25, 0.3) is 0 Å². The lowest BCUT2D eigenvalue weighted by molar-refractivity contribution is -0.890. The second kappa shape index (κ2) is 11.1. The average molecular weight is 422 g/mol. The smallest absolute Gasteiger partial charge is 0.235 e. The third kappa shape index (κ3) is 5.85. The Labute approximate surface area is 184 Å². The van der Waals surface area contributed by atoms with Crippen LogP contribution in [0.5, 0.6) is 0 Å². The molecule has 0 aromatic rings. The first-order valence-corrected chi connectivity index (χ1v) is 12.8. The molecule has 2 amide bonds. The first kappa shape index (κ1) is 23.7. The molecule has 0 aliphatic carbocycles. The number of hydrogen-bond donors (Lipinski definition) is 0. The van der Waals surface area contributed by atoms with Gasteiger partial charge in [0.2, 0.25) is 11.8 Å². The molecule has 0 aromatic carbocycles. The van der Waals surface area contributed by atoms with Gasteiger partial charge in [-0.15, -0.1) is 0 Å². The van der Waals surface area contributed by atoms with Crippen LogP contribution in [-0.2, 0) is 14.3 Å². The van der Waals surface area contributed by atoms with Crippen molar-refractivity contribution in [2.75, 3.05) is 33.7 Å². The van der Waals surface area contributed by atoms with Crippen molar-refractivity contribution in [1.82, 2.24) is 4.90 Å². The van der Waals surface area contributed by atoms with E-state index in [9.17, 15) is 9.59 Å². The summed E-state index contributed by atoms with van der Waals surface area (Å²) in [6, 6.07) is 0. The van der Waals surface area contributed by atoms with E-state index in [1.54, 1.807) is 4.90 Å². The first-order chi connectivity index (χ1) is 14.4. The second-order valence-corrected chi connectivity index (χ2v) is 10.6. The maximum absolute atomic E-state index is 12.7. The van der Waals surface area contributed by atoms with Gasteiger partial charge in [-0.3, -0.25) is 14.5 Å². The summed E-state index contributed by atoms with van der Waals surface area (Å²) in [5.41, 5.74) is 0. The minimum Gasteiger partial charge on any atom is -0.373 e. The van der Waals surface area contributed by atoms with Crippen molar-refractivity contribution in [2.45, 2.75) is 103 Å². The van der Waals surface area contributed by atoms with Gasteiger partial charge in [0.15, 0.2) is 0 Å². The van der Waals surface area contributed by atoms with Crippen LogP contribution in [0.3, 0.4) is 0 Å². The number of carbonyl (C=O) groups is 2. The van der Waals surface area contributed by atoms with E-state index in [0.29, 0.717) is 6.54 Å². The monoisotopic (exact) mass is 421 g/mol. The van der Waals surface area contributed by atoms with Crippen LogP contribution in [-0.4, -0.2) is 67.1 Å². The van der Waals surface area contributed by atoms with Gasteiger partial charge < -0.3 is 9.22 Å². The Morgan fingerprint density at radius 2 is 1.23 bits per heavy atom. The highest BCUT2D eigenvalue weighted by Crippen LogP contribution is 2.48. The fourth-order valence-corrected chi connectivity index (χ4v) is 5.79. The number of rotatable bonds is 15. The number of hydrogen-bond acceptors (Lipinski definition) is 3. The molecule has 5 heteroatoms. The molecule has 3 heterocycles. The van der Waals surface area contributed by atoms with Gasteiger partial charge in [-0.25, -0.2) is 0 Å². The molecular formula is C25H45N2O3+. The van der Waals surface area contributed by atoms with Crippen molar-refractivity contribution in [3.63, 3.8) is 0 Å². The predicted octanol–water partition coefficient (Wildman–Crippen LogP) is 4.54. The lowest BCUT2D eigenvalue weighted by Gasteiger charge is -2.30. The number of ether oxygens (including phenoxy) is 1. The van der Waals surface area contributed by atoms with E-state index in [0.717, 1.165) is 30.3 Å². The van der Waals surface area contributed by atoms with Gasteiger partial charge in [-0.2, -0.15) is 0 Å². The number of amides is 2. The van der Waals surface area contributed by atoms with Gasteiger partial charge in [-0.1, -0.05) is 58.3 Å². The van der Waals surface area contributed by atoms with Gasteiger partial charge in [0.1, 0.15) is 0 Å². The van der Waals surface area contributed by atoms with E-state index in [2.05, 4.69) is 21.0 Å². The number of carbonyl (C=O) groups excluding carboxylic acids is 2.